The summed E-state index contributed by atoms with van der Waals surface area (Å²) in [7, 11) is 0. The molecule has 0 radical (unpaired) electrons. The fraction of sp³-hybridized carbons (Fsp3) is 0.0909. The molecule has 6 heteroatoms. The number of nitrogens with zero attached hydrogens (tertiary/aromatic N) is 1. The lowest BCUT2D eigenvalue weighted by Crippen LogP contribution is -2.20. The summed E-state index contributed by atoms with van der Waals surface area (Å²) in [6, 6.07) is 21.1. The Balaban J connectivity index is 1.41. The predicted octanol–water partition coefficient (Wildman–Crippen LogP) is 4.58. The number of rotatable bonds is 6. The molecule has 3 aromatic carbocycles. The maximum absolute atomic E-state index is 13.5. The highest BCUT2D eigenvalue weighted by atomic mass is 19.1. The number of nitrogens with one attached hydrogen (secondary N) is 1. The first kappa shape index (κ1) is 17.7. The van der Waals surface area contributed by atoms with Crippen molar-refractivity contribution in [3.8, 4) is 5.75 Å². The van der Waals surface area contributed by atoms with Gasteiger partial charge in [0.1, 0.15) is 5.52 Å². The summed E-state index contributed by atoms with van der Waals surface area (Å²) in [5.41, 5.74) is 2.97. The summed E-state index contributed by atoms with van der Waals surface area (Å²) in [6.45, 7) is -0.295. The number of hydrogen-bond donors (Lipinski definition) is 1. The van der Waals surface area contributed by atoms with E-state index in [-0.39, 0.29) is 12.4 Å². The lowest BCUT2D eigenvalue weighted by atomic mass is 10.1. The smallest absolute Gasteiger partial charge is 0.262 e. The van der Waals surface area contributed by atoms with E-state index in [2.05, 4.69) is 10.3 Å². The van der Waals surface area contributed by atoms with Gasteiger partial charge in [0, 0.05) is 12.1 Å². The van der Waals surface area contributed by atoms with Crippen LogP contribution >= 0.6 is 0 Å². The first-order valence-corrected chi connectivity index (χ1v) is 8.78. The Morgan fingerprint density at radius 3 is 2.64 bits per heavy atom. The van der Waals surface area contributed by atoms with Crippen molar-refractivity contribution in [3.05, 3.63) is 90.1 Å². The van der Waals surface area contributed by atoms with Gasteiger partial charge in [-0.15, -0.1) is 0 Å². The highest BCUT2D eigenvalue weighted by molar-refractivity contribution is 5.93. The summed E-state index contributed by atoms with van der Waals surface area (Å²) < 4.78 is 24.5. The molecule has 0 fully saturated rings. The topological polar surface area (TPSA) is 64.4 Å². The van der Waals surface area contributed by atoms with Gasteiger partial charge in [0.25, 0.3) is 5.91 Å². The molecule has 0 saturated carbocycles. The largest absolute Gasteiger partial charge is 0.481 e. The minimum absolute atomic E-state index is 0.0372. The third kappa shape index (κ3) is 4.17. The molecule has 0 unspecified atom stereocenters. The van der Waals surface area contributed by atoms with Crippen LogP contribution in [0.3, 0.4) is 0 Å². The van der Waals surface area contributed by atoms with Gasteiger partial charge >= 0.3 is 0 Å². The van der Waals surface area contributed by atoms with Gasteiger partial charge < -0.3 is 14.5 Å². The Labute approximate surface area is 160 Å². The van der Waals surface area contributed by atoms with Gasteiger partial charge in [-0.1, -0.05) is 42.5 Å². The van der Waals surface area contributed by atoms with E-state index < -0.39 is 11.7 Å². The molecule has 1 N–H and O–H groups in total. The van der Waals surface area contributed by atoms with E-state index in [0.717, 1.165) is 5.56 Å². The Kier molecular flexibility index (Phi) is 5.01. The summed E-state index contributed by atoms with van der Waals surface area (Å²) in [4.78, 5) is 16.6. The standard InChI is InChI=1S/C22H17FN2O3/c23-17-8-4-5-9-19(17)27-14-21(26)24-16-10-11-20-18(13-16)25-22(28-20)12-15-6-2-1-3-7-15/h1-11,13H,12,14H2,(H,24,26). The molecule has 5 nitrogen and oxygen atoms in total. The minimum Gasteiger partial charge on any atom is -0.481 e. The second-order valence-corrected chi connectivity index (χ2v) is 6.22. The number of benzene rings is 3. The first-order valence-electron chi connectivity index (χ1n) is 8.78. The molecule has 1 heterocycles. The van der Waals surface area contributed by atoms with Crippen molar-refractivity contribution in [2.75, 3.05) is 11.9 Å². The van der Waals surface area contributed by atoms with Crippen molar-refractivity contribution in [1.82, 2.24) is 4.98 Å². The third-order valence-corrected chi connectivity index (χ3v) is 4.11. The summed E-state index contributed by atoms with van der Waals surface area (Å²) >= 11 is 0. The summed E-state index contributed by atoms with van der Waals surface area (Å²) in [5, 5.41) is 2.71. The van der Waals surface area contributed by atoms with E-state index in [1.807, 2.05) is 30.3 Å². The van der Waals surface area contributed by atoms with Crippen LogP contribution in [0.15, 0.2) is 77.2 Å². The maximum atomic E-state index is 13.5. The highest BCUT2D eigenvalue weighted by Crippen LogP contribution is 2.22. The molecule has 4 rings (SSSR count). The Morgan fingerprint density at radius 1 is 1.04 bits per heavy atom. The summed E-state index contributed by atoms with van der Waals surface area (Å²) in [5.74, 6) is -0.261. The van der Waals surface area contributed by atoms with Gasteiger partial charge in [-0.3, -0.25) is 4.79 Å². The number of carbonyl (C=O) groups excluding carboxylic acids is 1. The number of amides is 1. The van der Waals surface area contributed by atoms with Gasteiger partial charge in [-0.25, -0.2) is 9.37 Å². The van der Waals surface area contributed by atoms with Gasteiger partial charge in [-0.2, -0.15) is 0 Å². The van der Waals surface area contributed by atoms with E-state index in [1.54, 1.807) is 30.3 Å². The van der Waals surface area contributed by atoms with Crippen molar-refractivity contribution in [2.45, 2.75) is 6.42 Å². The van der Waals surface area contributed by atoms with Crippen molar-refractivity contribution in [3.63, 3.8) is 0 Å². The van der Waals surface area contributed by atoms with Gasteiger partial charge in [0.15, 0.2) is 29.6 Å². The van der Waals surface area contributed by atoms with E-state index in [9.17, 15) is 9.18 Å². The fourth-order valence-electron chi connectivity index (χ4n) is 2.80. The van der Waals surface area contributed by atoms with E-state index in [1.165, 1.54) is 12.1 Å². The van der Waals surface area contributed by atoms with Crippen LogP contribution in [-0.4, -0.2) is 17.5 Å². The van der Waals surface area contributed by atoms with Crippen molar-refractivity contribution in [1.29, 1.82) is 0 Å². The molecule has 28 heavy (non-hydrogen) atoms. The molecule has 4 aromatic rings. The zero-order chi connectivity index (χ0) is 19.3. The molecule has 140 valence electrons. The van der Waals surface area contributed by atoms with Gasteiger partial charge in [-0.05, 0) is 35.9 Å². The van der Waals surface area contributed by atoms with Crippen molar-refractivity contribution >= 4 is 22.7 Å². The van der Waals surface area contributed by atoms with Crippen molar-refractivity contribution < 1.29 is 18.3 Å². The van der Waals surface area contributed by atoms with Crippen LogP contribution in [0.2, 0.25) is 0 Å². The molecule has 0 saturated heterocycles. The van der Waals surface area contributed by atoms with Gasteiger partial charge in [0.05, 0.1) is 0 Å². The van der Waals surface area contributed by atoms with E-state index in [4.69, 9.17) is 9.15 Å². The molecule has 0 aliphatic heterocycles. The molecular formula is C22H17FN2O3. The van der Waals surface area contributed by atoms with Crippen LogP contribution in [0.25, 0.3) is 11.1 Å². The SMILES string of the molecule is O=C(COc1ccccc1F)Nc1ccc2oc(Cc3ccccc3)nc2c1. The maximum Gasteiger partial charge on any atom is 0.262 e. The molecule has 0 aliphatic rings. The number of hydrogen-bond acceptors (Lipinski definition) is 4. The van der Waals surface area contributed by atoms with Crippen LogP contribution in [0, 0.1) is 5.82 Å². The van der Waals surface area contributed by atoms with Crippen molar-refractivity contribution in [2.24, 2.45) is 0 Å². The Morgan fingerprint density at radius 2 is 1.82 bits per heavy atom. The average Bonchev–Trinajstić information content (AvgIpc) is 3.09. The molecule has 0 spiro atoms. The predicted molar refractivity (Wildman–Crippen MR) is 104 cm³/mol. The Bertz CT molecular complexity index is 1110. The van der Waals surface area contributed by atoms with E-state index in [0.29, 0.717) is 29.1 Å². The number of fused-ring (bicyclic) bond motifs is 1. The Hall–Kier alpha value is -3.67. The number of ether oxygens (including phenoxy) is 1. The van der Waals surface area contributed by atoms with Gasteiger partial charge in [0.2, 0.25) is 0 Å². The lowest BCUT2D eigenvalue weighted by Gasteiger charge is -2.08. The molecule has 0 aliphatic carbocycles. The molecular weight excluding hydrogens is 359 g/mol. The number of halogens is 1. The monoisotopic (exact) mass is 376 g/mol. The fourth-order valence-corrected chi connectivity index (χ4v) is 2.80. The molecule has 1 aromatic heterocycles. The molecule has 1 amide bonds. The number of oxazole rings is 1. The normalized spacial score (nSPS) is 10.8. The van der Waals surface area contributed by atoms with E-state index >= 15 is 0 Å². The van der Waals surface area contributed by atoms with Crippen LogP contribution in [0.4, 0.5) is 10.1 Å². The zero-order valence-corrected chi connectivity index (χ0v) is 14.9. The second-order valence-electron chi connectivity index (χ2n) is 6.22. The quantitative estimate of drug-likeness (QED) is 0.535. The zero-order valence-electron chi connectivity index (χ0n) is 14.9. The number of anilines is 1. The minimum atomic E-state index is -0.509. The lowest BCUT2D eigenvalue weighted by molar-refractivity contribution is -0.118. The third-order valence-electron chi connectivity index (χ3n) is 4.11. The van der Waals surface area contributed by atoms with Crippen LogP contribution in [0.1, 0.15) is 11.5 Å². The van der Waals surface area contributed by atoms with Crippen LogP contribution in [0.5, 0.6) is 5.75 Å². The molecule has 0 atom stereocenters. The number of para-hydroxylation sites is 1. The van der Waals surface area contributed by atoms with Crippen LogP contribution in [-0.2, 0) is 11.2 Å². The molecule has 0 bridgehead atoms. The number of carbonyl (C=O) groups is 1. The highest BCUT2D eigenvalue weighted by Gasteiger charge is 2.10. The first-order chi connectivity index (χ1) is 13.7. The summed E-state index contributed by atoms with van der Waals surface area (Å²) in [6.07, 6.45) is 0.591. The second kappa shape index (κ2) is 7.92. The number of aromatic nitrogens is 1. The average molecular weight is 376 g/mol. The van der Waals surface area contributed by atoms with Crippen LogP contribution < -0.4 is 10.1 Å².